The molecule has 27 heavy (non-hydrogen) atoms. The number of nitrogens with one attached hydrogen (secondary N) is 3. The molecule has 0 fully saturated rings. The first-order valence-electron chi connectivity index (χ1n) is 7.88. The van der Waals surface area contributed by atoms with E-state index in [0.29, 0.717) is 28.6 Å². The van der Waals surface area contributed by atoms with Gasteiger partial charge >= 0.3 is 0 Å². The van der Waals surface area contributed by atoms with Crippen LogP contribution in [-0.2, 0) is 14.8 Å². The smallest absolute Gasteiger partial charge is 0.262 e. The Bertz CT molecular complexity index is 951. The van der Waals surface area contributed by atoms with Crippen LogP contribution in [0.4, 0.5) is 11.4 Å². The van der Waals surface area contributed by atoms with Crippen molar-refractivity contribution < 1.29 is 27.4 Å². The van der Waals surface area contributed by atoms with E-state index in [2.05, 4.69) is 15.4 Å². The van der Waals surface area contributed by atoms with Gasteiger partial charge in [-0.05, 0) is 12.1 Å². The zero-order chi connectivity index (χ0) is 19.6. The minimum Gasteiger partial charge on any atom is -0.493 e. The van der Waals surface area contributed by atoms with Crippen LogP contribution in [0.25, 0.3) is 0 Å². The van der Waals surface area contributed by atoms with Crippen molar-refractivity contribution in [1.82, 2.24) is 4.72 Å². The molecule has 2 aromatic carbocycles. The summed E-state index contributed by atoms with van der Waals surface area (Å²) >= 11 is 0. The number of fused-ring (bicyclic) bond motifs is 1. The van der Waals surface area contributed by atoms with Gasteiger partial charge in [-0.3, -0.25) is 4.79 Å². The Morgan fingerprint density at radius 1 is 1.04 bits per heavy atom. The Morgan fingerprint density at radius 3 is 2.26 bits per heavy atom. The Morgan fingerprint density at radius 2 is 1.67 bits per heavy atom. The SMILES string of the molecule is COc1cc(NC(=O)C2Nc3ccccc3S(=O)(=O)N2)cc(OC)c1OC. The highest BCUT2D eigenvalue weighted by atomic mass is 32.2. The molecular formula is C17H19N3O6S. The van der Waals surface area contributed by atoms with Gasteiger partial charge in [0.25, 0.3) is 5.91 Å². The van der Waals surface area contributed by atoms with E-state index in [9.17, 15) is 13.2 Å². The Balaban J connectivity index is 1.86. The van der Waals surface area contributed by atoms with Gasteiger partial charge in [0.05, 0.1) is 27.0 Å². The monoisotopic (exact) mass is 393 g/mol. The first kappa shape index (κ1) is 18.8. The van der Waals surface area contributed by atoms with Gasteiger partial charge in [0.2, 0.25) is 15.8 Å². The topological polar surface area (TPSA) is 115 Å². The van der Waals surface area contributed by atoms with E-state index in [1.54, 1.807) is 30.3 Å². The molecule has 3 N–H and O–H groups in total. The molecule has 10 heteroatoms. The van der Waals surface area contributed by atoms with Crippen molar-refractivity contribution in [2.24, 2.45) is 0 Å². The van der Waals surface area contributed by atoms with Gasteiger partial charge in [0.15, 0.2) is 17.7 Å². The van der Waals surface area contributed by atoms with Gasteiger partial charge < -0.3 is 24.8 Å². The van der Waals surface area contributed by atoms with Crippen molar-refractivity contribution in [1.29, 1.82) is 0 Å². The number of amides is 1. The maximum absolute atomic E-state index is 12.6. The van der Waals surface area contributed by atoms with E-state index in [1.165, 1.54) is 27.4 Å². The lowest BCUT2D eigenvalue weighted by molar-refractivity contribution is -0.117. The number of benzene rings is 2. The van der Waals surface area contributed by atoms with Crippen LogP contribution in [0, 0.1) is 0 Å². The van der Waals surface area contributed by atoms with Crippen LogP contribution < -0.4 is 29.6 Å². The highest BCUT2D eigenvalue weighted by molar-refractivity contribution is 7.89. The van der Waals surface area contributed by atoms with Crippen LogP contribution in [0.1, 0.15) is 0 Å². The Kier molecular flexibility index (Phi) is 5.10. The van der Waals surface area contributed by atoms with Gasteiger partial charge in [0.1, 0.15) is 4.90 Å². The summed E-state index contributed by atoms with van der Waals surface area (Å²) in [4.78, 5) is 12.7. The van der Waals surface area contributed by atoms with Crippen LogP contribution in [0.2, 0.25) is 0 Å². The Hall–Kier alpha value is -2.98. The van der Waals surface area contributed by atoms with E-state index in [-0.39, 0.29) is 4.90 Å². The second kappa shape index (κ2) is 7.33. The fraction of sp³-hybridized carbons (Fsp3) is 0.235. The third-order valence-corrected chi connectivity index (χ3v) is 5.42. The maximum atomic E-state index is 12.6. The van der Waals surface area contributed by atoms with Gasteiger partial charge in [-0.1, -0.05) is 12.1 Å². The number of para-hydroxylation sites is 1. The molecule has 144 valence electrons. The summed E-state index contributed by atoms with van der Waals surface area (Å²) in [7, 11) is 0.571. The van der Waals surface area contributed by atoms with Crippen LogP contribution in [0.5, 0.6) is 17.2 Å². The van der Waals surface area contributed by atoms with Gasteiger partial charge in [-0.25, -0.2) is 8.42 Å². The molecule has 0 aromatic heterocycles. The zero-order valence-corrected chi connectivity index (χ0v) is 15.7. The molecule has 0 bridgehead atoms. The highest BCUT2D eigenvalue weighted by Crippen LogP contribution is 2.40. The van der Waals surface area contributed by atoms with Crippen molar-refractivity contribution >= 4 is 27.3 Å². The lowest BCUT2D eigenvalue weighted by atomic mass is 10.2. The second-order valence-corrected chi connectivity index (χ2v) is 7.28. The fourth-order valence-electron chi connectivity index (χ4n) is 2.71. The zero-order valence-electron chi connectivity index (χ0n) is 14.9. The van der Waals surface area contributed by atoms with E-state index in [4.69, 9.17) is 14.2 Å². The molecule has 0 aliphatic carbocycles. The molecule has 1 unspecified atom stereocenters. The molecule has 1 heterocycles. The number of carbonyl (C=O) groups is 1. The van der Waals surface area contributed by atoms with E-state index < -0.39 is 22.1 Å². The molecule has 3 rings (SSSR count). The Labute approximate surface area is 156 Å². The van der Waals surface area contributed by atoms with E-state index >= 15 is 0 Å². The molecule has 9 nitrogen and oxygen atoms in total. The maximum Gasteiger partial charge on any atom is 0.262 e. The van der Waals surface area contributed by atoms with Crippen LogP contribution in [-0.4, -0.2) is 41.8 Å². The lowest BCUT2D eigenvalue weighted by Crippen LogP contribution is -2.51. The van der Waals surface area contributed by atoms with Gasteiger partial charge in [-0.15, -0.1) is 0 Å². The van der Waals surface area contributed by atoms with Crippen molar-refractivity contribution in [3.05, 3.63) is 36.4 Å². The number of hydrogen-bond acceptors (Lipinski definition) is 7. The molecule has 0 radical (unpaired) electrons. The minimum atomic E-state index is -3.81. The minimum absolute atomic E-state index is 0.0850. The standard InChI is InChI=1S/C17H19N3O6S/c1-24-12-8-10(9-13(25-2)15(12)26-3)18-17(21)16-19-11-6-4-5-7-14(11)27(22,23)20-16/h4-9,16,19-20H,1-3H3,(H,18,21). The summed E-state index contributed by atoms with van der Waals surface area (Å²) in [6.45, 7) is 0. The number of anilines is 2. The molecule has 0 saturated heterocycles. The largest absolute Gasteiger partial charge is 0.493 e. The summed E-state index contributed by atoms with van der Waals surface area (Å²) in [5, 5.41) is 5.50. The first-order valence-corrected chi connectivity index (χ1v) is 9.36. The van der Waals surface area contributed by atoms with Gasteiger partial charge in [-0.2, -0.15) is 4.72 Å². The quantitative estimate of drug-likeness (QED) is 0.703. The number of methoxy groups -OCH3 is 3. The molecule has 1 aliphatic heterocycles. The predicted molar refractivity (Wildman–Crippen MR) is 98.9 cm³/mol. The van der Waals surface area contributed by atoms with Gasteiger partial charge in [0, 0.05) is 17.8 Å². The number of hydrogen-bond donors (Lipinski definition) is 3. The van der Waals surface area contributed by atoms with Crippen LogP contribution in [0.15, 0.2) is 41.3 Å². The average molecular weight is 393 g/mol. The van der Waals surface area contributed by atoms with Crippen molar-refractivity contribution in [3.63, 3.8) is 0 Å². The van der Waals surface area contributed by atoms with Crippen molar-refractivity contribution in [2.75, 3.05) is 32.0 Å². The third-order valence-electron chi connectivity index (χ3n) is 3.94. The fourth-order valence-corrected chi connectivity index (χ4v) is 3.99. The molecular weight excluding hydrogens is 374 g/mol. The van der Waals surface area contributed by atoms with Crippen molar-refractivity contribution in [3.8, 4) is 17.2 Å². The van der Waals surface area contributed by atoms with E-state index in [1.807, 2.05) is 0 Å². The first-order chi connectivity index (χ1) is 12.9. The van der Waals surface area contributed by atoms with Crippen LogP contribution >= 0.6 is 0 Å². The lowest BCUT2D eigenvalue weighted by Gasteiger charge is -2.27. The number of ether oxygens (including phenoxy) is 3. The summed E-state index contributed by atoms with van der Waals surface area (Å²) in [5.74, 6) is 0.495. The molecule has 1 aliphatic rings. The number of carbonyl (C=O) groups excluding carboxylic acids is 1. The summed E-state index contributed by atoms with van der Waals surface area (Å²) < 4.78 is 42.7. The van der Waals surface area contributed by atoms with Crippen LogP contribution in [0.3, 0.4) is 0 Å². The number of sulfonamides is 1. The van der Waals surface area contributed by atoms with Crippen molar-refractivity contribution in [2.45, 2.75) is 11.1 Å². The number of rotatable bonds is 5. The molecule has 1 atom stereocenters. The second-order valence-electron chi connectivity index (χ2n) is 5.60. The molecule has 1 amide bonds. The summed E-state index contributed by atoms with van der Waals surface area (Å²) in [5.41, 5.74) is 0.704. The molecule has 0 saturated carbocycles. The summed E-state index contributed by atoms with van der Waals surface area (Å²) in [6, 6.07) is 9.43. The third kappa shape index (κ3) is 3.62. The average Bonchev–Trinajstić information content (AvgIpc) is 2.66. The predicted octanol–water partition coefficient (Wildman–Crippen LogP) is 1.38. The summed E-state index contributed by atoms with van der Waals surface area (Å²) in [6.07, 6.45) is -1.18. The van der Waals surface area contributed by atoms with E-state index in [0.717, 1.165) is 0 Å². The molecule has 0 spiro atoms. The normalized spacial score (nSPS) is 17.2. The highest BCUT2D eigenvalue weighted by Gasteiger charge is 2.33. The molecule has 2 aromatic rings.